The zero-order valence-corrected chi connectivity index (χ0v) is 10.9. The molecule has 5 nitrogen and oxygen atoms in total. The predicted molar refractivity (Wildman–Crippen MR) is 74.9 cm³/mol. The Hall–Kier alpha value is -2.43. The van der Waals surface area contributed by atoms with E-state index < -0.39 is 0 Å². The number of aryl methyl sites for hydroxylation is 1. The van der Waals surface area contributed by atoms with Gasteiger partial charge in [-0.05, 0) is 19.4 Å². The van der Waals surface area contributed by atoms with Gasteiger partial charge in [-0.15, -0.1) is 0 Å². The Bertz CT molecular complexity index is 689. The van der Waals surface area contributed by atoms with E-state index in [-0.39, 0.29) is 6.04 Å². The van der Waals surface area contributed by atoms with Crippen LogP contribution in [-0.4, -0.2) is 20.2 Å². The van der Waals surface area contributed by atoms with Crippen molar-refractivity contribution < 1.29 is 0 Å². The van der Waals surface area contributed by atoms with Crippen molar-refractivity contribution >= 4 is 16.9 Å². The number of rotatable bonds is 3. The number of aromatic nitrogens is 4. The zero-order chi connectivity index (χ0) is 13.2. The number of fused-ring (bicyclic) bond motifs is 1. The molecule has 3 rings (SSSR count). The van der Waals surface area contributed by atoms with E-state index in [9.17, 15) is 0 Å². The second-order valence-electron chi connectivity index (χ2n) is 4.53. The monoisotopic (exact) mass is 253 g/mol. The molecule has 2 N–H and O–H groups in total. The van der Waals surface area contributed by atoms with Crippen molar-refractivity contribution in [3.63, 3.8) is 0 Å². The molecule has 96 valence electrons. The van der Waals surface area contributed by atoms with E-state index in [2.05, 4.69) is 44.5 Å². The number of nitrogens with zero attached hydrogens (tertiary/aromatic N) is 3. The first-order valence-electron chi connectivity index (χ1n) is 6.23. The van der Waals surface area contributed by atoms with Crippen molar-refractivity contribution in [3.05, 3.63) is 47.9 Å². The Morgan fingerprint density at radius 3 is 2.74 bits per heavy atom. The van der Waals surface area contributed by atoms with E-state index in [1.807, 2.05) is 25.1 Å². The van der Waals surface area contributed by atoms with Crippen LogP contribution in [0.2, 0.25) is 0 Å². The normalized spacial score (nSPS) is 12.5. The van der Waals surface area contributed by atoms with Crippen molar-refractivity contribution in [2.75, 3.05) is 5.32 Å². The number of hydrogen-bond donors (Lipinski definition) is 2. The summed E-state index contributed by atoms with van der Waals surface area (Å²) in [7, 11) is 0. The summed E-state index contributed by atoms with van der Waals surface area (Å²) in [5.41, 5.74) is 1.98. The fraction of sp³-hybridized carbons (Fsp3) is 0.214. The predicted octanol–water partition coefficient (Wildman–Crippen LogP) is 2.83. The maximum absolute atomic E-state index is 4.46. The Balaban J connectivity index is 1.95. The minimum Gasteiger partial charge on any atom is -0.363 e. The maximum Gasteiger partial charge on any atom is 0.161 e. The van der Waals surface area contributed by atoms with Gasteiger partial charge in [0.25, 0.3) is 0 Å². The maximum atomic E-state index is 4.46. The first kappa shape index (κ1) is 11.6. The second-order valence-corrected chi connectivity index (χ2v) is 4.53. The molecule has 0 saturated heterocycles. The van der Waals surface area contributed by atoms with Gasteiger partial charge in [-0.2, -0.15) is 5.10 Å². The molecule has 1 atom stereocenters. The third kappa shape index (κ3) is 2.27. The molecule has 0 aliphatic rings. The largest absolute Gasteiger partial charge is 0.363 e. The van der Waals surface area contributed by atoms with E-state index in [0.29, 0.717) is 0 Å². The lowest BCUT2D eigenvalue weighted by Crippen LogP contribution is -2.09. The molecule has 0 aliphatic heterocycles. The van der Waals surface area contributed by atoms with E-state index in [1.54, 1.807) is 6.20 Å². The van der Waals surface area contributed by atoms with Crippen molar-refractivity contribution in [1.82, 2.24) is 20.2 Å². The topological polar surface area (TPSA) is 66.5 Å². The molecule has 2 aromatic heterocycles. The SMILES string of the molecule is Cc1nc(N[C@@H](C)c2ccccc2)c2cn[nH]c2n1. The van der Waals surface area contributed by atoms with Gasteiger partial charge in [-0.25, -0.2) is 9.97 Å². The third-order valence-electron chi connectivity index (χ3n) is 3.07. The minimum absolute atomic E-state index is 0.175. The van der Waals surface area contributed by atoms with Crippen LogP contribution in [0.5, 0.6) is 0 Å². The lowest BCUT2D eigenvalue weighted by molar-refractivity contribution is 0.872. The Morgan fingerprint density at radius 2 is 1.95 bits per heavy atom. The molecule has 1 aromatic carbocycles. The smallest absolute Gasteiger partial charge is 0.161 e. The van der Waals surface area contributed by atoms with Gasteiger partial charge in [0.15, 0.2) is 5.65 Å². The van der Waals surface area contributed by atoms with Crippen LogP contribution in [-0.2, 0) is 0 Å². The van der Waals surface area contributed by atoms with Crippen molar-refractivity contribution in [2.24, 2.45) is 0 Å². The first-order valence-corrected chi connectivity index (χ1v) is 6.23. The molecule has 0 spiro atoms. The highest BCUT2D eigenvalue weighted by Gasteiger charge is 2.11. The summed E-state index contributed by atoms with van der Waals surface area (Å²) in [6.07, 6.45) is 1.74. The van der Waals surface area contributed by atoms with E-state index in [4.69, 9.17) is 0 Å². The fourth-order valence-corrected chi connectivity index (χ4v) is 2.09. The number of H-pyrrole nitrogens is 1. The molecule has 0 aliphatic carbocycles. The van der Waals surface area contributed by atoms with Crippen LogP contribution in [0.3, 0.4) is 0 Å². The summed E-state index contributed by atoms with van der Waals surface area (Å²) in [5.74, 6) is 1.53. The number of anilines is 1. The van der Waals surface area contributed by atoms with Crippen LogP contribution in [0.4, 0.5) is 5.82 Å². The highest BCUT2D eigenvalue weighted by molar-refractivity contribution is 5.85. The third-order valence-corrected chi connectivity index (χ3v) is 3.07. The average molecular weight is 253 g/mol. The molecule has 19 heavy (non-hydrogen) atoms. The summed E-state index contributed by atoms with van der Waals surface area (Å²) in [6.45, 7) is 3.98. The molecule has 0 amide bonds. The zero-order valence-electron chi connectivity index (χ0n) is 10.9. The second kappa shape index (κ2) is 4.68. The summed E-state index contributed by atoms with van der Waals surface area (Å²) in [4.78, 5) is 8.76. The van der Waals surface area contributed by atoms with Crippen LogP contribution in [0.25, 0.3) is 11.0 Å². The van der Waals surface area contributed by atoms with Gasteiger partial charge < -0.3 is 5.32 Å². The number of hydrogen-bond acceptors (Lipinski definition) is 4. The molecule has 0 radical (unpaired) electrons. The Morgan fingerprint density at radius 1 is 1.16 bits per heavy atom. The molecule has 3 aromatic rings. The molecule has 0 fully saturated rings. The van der Waals surface area contributed by atoms with Crippen molar-refractivity contribution in [2.45, 2.75) is 19.9 Å². The van der Waals surface area contributed by atoms with Gasteiger partial charge in [0.2, 0.25) is 0 Å². The molecular weight excluding hydrogens is 238 g/mol. The number of aromatic amines is 1. The number of benzene rings is 1. The van der Waals surface area contributed by atoms with E-state index in [1.165, 1.54) is 5.56 Å². The molecular formula is C14H15N5. The molecule has 0 saturated carbocycles. The van der Waals surface area contributed by atoms with Crippen LogP contribution in [0.1, 0.15) is 24.4 Å². The van der Waals surface area contributed by atoms with Crippen LogP contribution < -0.4 is 5.32 Å². The Kier molecular flexibility index (Phi) is 2.87. The van der Waals surface area contributed by atoms with Gasteiger partial charge >= 0.3 is 0 Å². The summed E-state index contributed by atoms with van der Waals surface area (Å²) in [5, 5.41) is 11.2. The van der Waals surface area contributed by atoms with Gasteiger partial charge in [-0.1, -0.05) is 30.3 Å². The van der Waals surface area contributed by atoms with Gasteiger partial charge in [-0.3, -0.25) is 5.10 Å². The lowest BCUT2D eigenvalue weighted by atomic mass is 10.1. The molecule has 2 heterocycles. The highest BCUT2D eigenvalue weighted by atomic mass is 15.2. The van der Waals surface area contributed by atoms with Crippen LogP contribution >= 0.6 is 0 Å². The fourth-order valence-electron chi connectivity index (χ4n) is 2.09. The van der Waals surface area contributed by atoms with Gasteiger partial charge in [0, 0.05) is 6.04 Å². The first-order chi connectivity index (χ1) is 9.24. The minimum atomic E-state index is 0.175. The lowest BCUT2D eigenvalue weighted by Gasteiger charge is -2.15. The summed E-state index contributed by atoms with van der Waals surface area (Å²) < 4.78 is 0. The van der Waals surface area contributed by atoms with Crippen LogP contribution in [0.15, 0.2) is 36.5 Å². The van der Waals surface area contributed by atoms with Crippen molar-refractivity contribution in [3.8, 4) is 0 Å². The standard InChI is InChI=1S/C14H15N5/c1-9(11-6-4-3-5-7-11)16-13-12-8-15-19-14(12)18-10(2)17-13/h3-9H,1-2H3,(H2,15,16,17,18,19)/t9-/m0/s1. The Labute approximate surface area is 111 Å². The van der Waals surface area contributed by atoms with E-state index >= 15 is 0 Å². The number of nitrogens with one attached hydrogen (secondary N) is 2. The van der Waals surface area contributed by atoms with Crippen LogP contribution in [0, 0.1) is 6.92 Å². The molecule has 5 heteroatoms. The molecule has 0 unspecified atom stereocenters. The molecule has 0 bridgehead atoms. The average Bonchev–Trinajstić information content (AvgIpc) is 2.88. The van der Waals surface area contributed by atoms with E-state index in [0.717, 1.165) is 22.7 Å². The van der Waals surface area contributed by atoms with Gasteiger partial charge in [0.05, 0.1) is 11.6 Å². The summed E-state index contributed by atoms with van der Waals surface area (Å²) in [6, 6.07) is 10.4. The van der Waals surface area contributed by atoms with Gasteiger partial charge in [0.1, 0.15) is 11.6 Å². The highest BCUT2D eigenvalue weighted by Crippen LogP contribution is 2.23. The van der Waals surface area contributed by atoms with Crippen molar-refractivity contribution in [1.29, 1.82) is 0 Å². The summed E-state index contributed by atoms with van der Waals surface area (Å²) >= 11 is 0. The quantitative estimate of drug-likeness (QED) is 0.753.